The second-order valence-electron chi connectivity index (χ2n) is 12.2. The molecule has 38 heavy (non-hydrogen) atoms. The van der Waals surface area contributed by atoms with Gasteiger partial charge in [0.05, 0.1) is 29.1 Å². The molecule has 6 rings (SSSR count). The summed E-state index contributed by atoms with van der Waals surface area (Å²) in [4.78, 5) is 30.6. The second kappa shape index (κ2) is 9.83. The summed E-state index contributed by atoms with van der Waals surface area (Å²) >= 11 is 12.4. The number of ketones is 1. The van der Waals surface area contributed by atoms with Crippen molar-refractivity contribution in [2.45, 2.75) is 76.5 Å². The zero-order chi connectivity index (χ0) is 26.8. The Morgan fingerprint density at radius 3 is 2.71 bits per heavy atom. The average Bonchev–Trinajstić information content (AvgIpc) is 3.20. The van der Waals surface area contributed by atoms with E-state index in [0.717, 1.165) is 43.5 Å². The highest BCUT2D eigenvalue weighted by Crippen LogP contribution is 2.62. The first-order valence-electron chi connectivity index (χ1n) is 13.9. The van der Waals surface area contributed by atoms with E-state index in [1.807, 2.05) is 6.07 Å². The Labute approximate surface area is 235 Å². The minimum atomic E-state index is -0.107. The normalized spacial score (nSPS) is 29.1. The predicted molar refractivity (Wildman–Crippen MR) is 150 cm³/mol. The van der Waals surface area contributed by atoms with Crippen molar-refractivity contribution in [1.29, 1.82) is 0 Å². The number of likely N-dealkylation sites (tertiary alicyclic amines) is 1. The van der Waals surface area contributed by atoms with Crippen LogP contribution in [0.15, 0.2) is 36.4 Å². The van der Waals surface area contributed by atoms with Crippen molar-refractivity contribution in [1.82, 2.24) is 9.80 Å². The minimum absolute atomic E-state index is 0.00211. The van der Waals surface area contributed by atoms with Crippen LogP contribution in [0.4, 0.5) is 0 Å². The molecule has 7 heteroatoms. The van der Waals surface area contributed by atoms with Crippen molar-refractivity contribution >= 4 is 34.9 Å². The summed E-state index contributed by atoms with van der Waals surface area (Å²) in [5.41, 5.74) is 3.51. The lowest BCUT2D eigenvalue weighted by Crippen LogP contribution is -2.69. The smallest absolute Gasteiger partial charge is 0.227 e. The Balaban J connectivity index is 1.36. The third-order valence-corrected chi connectivity index (χ3v) is 10.1. The summed E-state index contributed by atoms with van der Waals surface area (Å²) in [6.07, 6.45) is 4.09. The summed E-state index contributed by atoms with van der Waals surface area (Å²) in [5, 5.41) is 0.967. The molecule has 0 unspecified atom stereocenters. The fraction of sp³-hybridized carbons (Fsp3) is 0.548. The summed E-state index contributed by atoms with van der Waals surface area (Å²) in [6, 6.07) is 12.3. The van der Waals surface area contributed by atoms with Crippen molar-refractivity contribution in [2.75, 3.05) is 19.6 Å². The van der Waals surface area contributed by atoms with Crippen LogP contribution in [0, 0.1) is 11.8 Å². The lowest BCUT2D eigenvalue weighted by atomic mass is 9.51. The SMILES string of the molecule is CC(=O)CN1CC[C@]23c4c5cccc4O[C@H]2[C@@H](N(CC(C)C)C(=O)Cc2ccc(Cl)c(Cl)c2)CC[C@H]3[C@H]1C5. The third-order valence-electron chi connectivity index (χ3n) is 9.35. The molecule has 2 heterocycles. The van der Waals surface area contributed by atoms with Gasteiger partial charge in [-0.3, -0.25) is 14.5 Å². The summed E-state index contributed by atoms with van der Waals surface area (Å²) in [6.45, 7) is 8.13. The molecule has 2 fully saturated rings. The molecular formula is C31H36Cl2N2O3. The first kappa shape index (κ1) is 26.2. The van der Waals surface area contributed by atoms with E-state index in [0.29, 0.717) is 41.0 Å². The number of hydrogen-bond acceptors (Lipinski definition) is 4. The number of carbonyl (C=O) groups is 2. The van der Waals surface area contributed by atoms with Crippen LogP contribution < -0.4 is 4.74 Å². The quantitative estimate of drug-likeness (QED) is 0.439. The van der Waals surface area contributed by atoms with Crippen LogP contribution in [0.25, 0.3) is 0 Å². The number of amides is 1. The van der Waals surface area contributed by atoms with Crippen molar-refractivity contribution < 1.29 is 14.3 Å². The average molecular weight is 556 g/mol. The number of rotatable bonds is 7. The lowest BCUT2D eigenvalue weighted by molar-refractivity contribution is -0.143. The van der Waals surface area contributed by atoms with Crippen LogP contribution in [0.1, 0.15) is 56.7 Å². The number of nitrogens with zero attached hydrogens (tertiary/aromatic N) is 2. The van der Waals surface area contributed by atoms with E-state index in [1.165, 1.54) is 11.1 Å². The maximum Gasteiger partial charge on any atom is 0.227 e. The summed E-state index contributed by atoms with van der Waals surface area (Å²) in [7, 11) is 0. The number of benzene rings is 2. The van der Waals surface area contributed by atoms with Gasteiger partial charge in [-0.25, -0.2) is 0 Å². The Kier molecular flexibility index (Phi) is 6.77. The monoisotopic (exact) mass is 554 g/mol. The van der Waals surface area contributed by atoms with Gasteiger partial charge in [-0.2, -0.15) is 0 Å². The molecule has 1 saturated carbocycles. The van der Waals surface area contributed by atoms with Gasteiger partial charge in [-0.05, 0) is 80.3 Å². The molecule has 2 aliphatic heterocycles. The lowest BCUT2D eigenvalue weighted by Gasteiger charge is -2.60. The van der Waals surface area contributed by atoms with Gasteiger partial charge in [0.15, 0.2) is 0 Å². The number of ether oxygens (including phenoxy) is 1. The number of halogens is 2. The molecule has 1 amide bonds. The van der Waals surface area contributed by atoms with Gasteiger partial charge in [0.25, 0.3) is 0 Å². The van der Waals surface area contributed by atoms with E-state index in [1.54, 1.807) is 19.1 Å². The molecule has 1 saturated heterocycles. The number of carbonyl (C=O) groups excluding carboxylic acids is 2. The molecule has 2 aliphatic carbocycles. The highest BCUT2D eigenvalue weighted by molar-refractivity contribution is 6.42. The fourth-order valence-corrected chi connectivity index (χ4v) is 8.43. The molecule has 5 atom stereocenters. The van der Waals surface area contributed by atoms with Gasteiger partial charge in [0.2, 0.25) is 5.91 Å². The Morgan fingerprint density at radius 2 is 1.97 bits per heavy atom. The van der Waals surface area contributed by atoms with Crippen molar-refractivity contribution in [3.8, 4) is 5.75 Å². The fourth-order valence-electron chi connectivity index (χ4n) is 8.11. The van der Waals surface area contributed by atoms with Gasteiger partial charge >= 0.3 is 0 Å². The second-order valence-corrected chi connectivity index (χ2v) is 13.0. The molecule has 0 N–H and O–H groups in total. The molecule has 2 aromatic rings. The zero-order valence-corrected chi connectivity index (χ0v) is 23.9. The number of piperidine rings is 1. The van der Waals surface area contributed by atoms with E-state index in [9.17, 15) is 9.59 Å². The summed E-state index contributed by atoms with van der Waals surface area (Å²) in [5.74, 6) is 2.10. The van der Waals surface area contributed by atoms with Gasteiger partial charge in [-0.1, -0.05) is 55.2 Å². The Morgan fingerprint density at radius 1 is 1.16 bits per heavy atom. The highest BCUT2D eigenvalue weighted by atomic mass is 35.5. The van der Waals surface area contributed by atoms with Gasteiger partial charge in [-0.15, -0.1) is 0 Å². The molecule has 202 valence electrons. The van der Waals surface area contributed by atoms with E-state index in [2.05, 4.69) is 41.8 Å². The molecule has 1 spiro atoms. The van der Waals surface area contributed by atoms with Gasteiger partial charge < -0.3 is 9.64 Å². The number of hydrogen-bond donors (Lipinski definition) is 0. The minimum Gasteiger partial charge on any atom is -0.487 e. The predicted octanol–water partition coefficient (Wildman–Crippen LogP) is 5.72. The van der Waals surface area contributed by atoms with Crippen LogP contribution in [-0.4, -0.2) is 59.3 Å². The van der Waals surface area contributed by atoms with Crippen LogP contribution >= 0.6 is 23.2 Å². The Bertz CT molecular complexity index is 1280. The van der Waals surface area contributed by atoms with E-state index in [4.69, 9.17) is 27.9 Å². The molecule has 2 bridgehead atoms. The van der Waals surface area contributed by atoms with E-state index < -0.39 is 0 Å². The first-order chi connectivity index (χ1) is 18.2. The molecule has 2 aromatic carbocycles. The first-order valence-corrected chi connectivity index (χ1v) is 14.7. The van der Waals surface area contributed by atoms with E-state index in [-0.39, 0.29) is 35.7 Å². The van der Waals surface area contributed by atoms with Crippen LogP contribution in [-0.2, 0) is 27.8 Å². The molecule has 5 nitrogen and oxygen atoms in total. The van der Waals surface area contributed by atoms with Crippen LogP contribution in [0.3, 0.4) is 0 Å². The van der Waals surface area contributed by atoms with Crippen molar-refractivity contribution in [2.24, 2.45) is 11.8 Å². The molecule has 0 radical (unpaired) electrons. The van der Waals surface area contributed by atoms with Crippen LogP contribution in [0.2, 0.25) is 10.0 Å². The topological polar surface area (TPSA) is 49.9 Å². The zero-order valence-electron chi connectivity index (χ0n) is 22.4. The Hall–Kier alpha value is -2.08. The van der Waals surface area contributed by atoms with Gasteiger partial charge in [0.1, 0.15) is 17.6 Å². The largest absolute Gasteiger partial charge is 0.487 e. The van der Waals surface area contributed by atoms with Crippen molar-refractivity contribution in [3.63, 3.8) is 0 Å². The molecule has 4 aliphatic rings. The van der Waals surface area contributed by atoms with Crippen LogP contribution in [0.5, 0.6) is 5.75 Å². The molecular weight excluding hydrogens is 519 g/mol. The number of Topliss-reactive ketones (excluding diaryl/α,β-unsaturated/α-hetero) is 1. The highest BCUT2D eigenvalue weighted by Gasteiger charge is 2.66. The van der Waals surface area contributed by atoms with E-state index >= 15 is 0 Å². The third kappa shape index (κ3) is 4.17. The van der Waals surface area contributed by atoms with Crippen molar-refractivity contribution in [3.05, 3.63) is 63.1 Å². The standard InChI is InChI=1S/C31H36Cl2N2O3/c1-18(2)16-35(28(37)14-20-7-9-23(32)24(33)13-20)25-10-8-22-26-15-21-5-4-6-27-29(21)31(22,30(25)38-27)11-12-34(26)17-19(3)36/h4-7,9,13,18,22,25-26,30H,8,10-12,14-17H2,1-3H3/t22-,25-,26+,30-,31-/m0/s1. The molecule has 0 aromatic heterocycles. The maximum atomic E-state index is 14.0. The van der Waals surface area contributed by atoms with Gasteiger partial charge in [0, 0.05) is 23.6 Å². The summed E-state index contributed by atoms with van der Waals surface area (Å²) < 4.78 is 6.89. The maximum absolute atomic E-state index is 14.0.